The van der Waals surface area contributed by atoms with E-state index >= 15 is 0 Å². The van der Waals surface area contributed by atoms with Gasteiger partial charge in [-0.1, -0.05) is 37.1 Å². The Balaban J connectivity index is 1.49. The minimum atomic E-state index is -0.00679. The molecule has 1 spiro atoms. The van der Waals surface area contributed by atoms with Gasteiger partial charge in [0.25, 0.3) is 5.91 Å². The largest absolute Gasteiger partial charge is 0.338 e. The highest BCUT2D eigenvalue weighted by Crippen LogP contribution is 2.42. The van der Waals surface area contributed by atoms with Gasteiger partial charge >= 0.3 is 0 Å². The molecule has 2 aliphatic rings. The Morgan fingerprint density at radius 1 is 1.04 bits per heavy atom. The first-order chi connectivity index (χ1) is 13.0. The van der Waals surface area contributed by atoms with Crippen LogP contribution in [0.15, 0.2) is 36.4 Å². The zero-order valence-electron chi connectivity index (χ0n) is 16.2. The minimum Gasteiger partial charge on any atom is -0.338 e. The van der Waals surface area contributed by atoms with Crippen molar-refractivity contribution >= 4 is 17.5 Å². The van der Waals surface area contributed by atoms with Crippen molar-refractivity contribution in [2.75, 3.05) is 26.7 Å². The summed E-state index contributed by atoms with van der Waals surface area (Å²) in [4.78, 5) is 17.4. The Bertz CT molecular complexity index is 819. The van der Waals surface area contributed by atoms with Crippen molar-refractivity contribution in [2.45, 2.75) is 44.7 Å². The predicted molar refractivity (Wildman–Crippen MR) is 109 cm³/mol. The Hall–Kier alpha value is -1.78. The molecule has 2 aromatic rings. The molecule has 2 aliphatic heterocycles. The number of carbonyl (C=O) groups excluding carboxylic acids is 1. The number of amides is 1. The maximum absolute atomic E-state index is 13.0. The third-order valence-electron chi connectivity index (χ3n) is 6.41. The van der Waals surface area contributed by atoms with E-state index in [1.807, 2.05) is 23.1 Å². The normalized spacial score (nSPS) is 19.3. The maximum Gasteiger partial charge on any atom is 0.253 e. The lowest BCUT2D eigenvalue weighted by Gasteiger charge is -2.50. The van der Waals surface area contributed by atoms with E-state index in [2.05, 4.69) is 41.6 Å². The Morgan fingerprint density at radius 3 is 2.41 bits per heavy atom. The molecule has 1 saturated heterocycles. The lowest BCUT2D eigenvalue weighted by atomic mass is 9.81. The van der Waals surface area contributed by atoms with Crippen LogP contribution in [0.2, 0.25) is 5.15 Å². The van der Waals surface area contributed by atoms with Gasteiger partial charge in [-0.25, -0.2) is 0 Å². The number of aromatic nitrogens is 1. The lowest BCUT2D eigenvalue weighted by molar-refractivity contribution is 0.0132. The molecular weight excluding hydrogens is 358 g/mol. The van der Waals surface area contributed by atoms with Crippen molar-refractivity contribution in [3.05, 3.63) is 58.4 Å². The summed E-state index contributed by atoms with van der Waals surface area (Å²) < 4.78 is 2.24. The van der Waals surface area contributed by atoms with Crippen LogP contribution in [-0.4, -0.2) is 47.0 Å². The molecule has 144 valence electrons. The number of piperidine rings is 1. The van der Waals surface area contributed by atoms with E-state index in [4.69, 9.17) is 11.6 Å². The van der Waals surface area contributed by atoms with E-state index < -0.39 is 0 Å². The molecule has 1 aromatic heterocycles. The second-order valence-corrected chi connectivity index (χ2v) is 8.27. The summed E-state index contributed by atoms with van der Waals surface area (Å²) in [6.07, 6.45) is 4.09. The number of aryl methyl sites for hydroxylation is 1. The zero-order chi connectivity index (χ0) is 19.0. The first kappa shape index (κ1) is 18.6. The van der Waals surface area contributed by atoms with E-state index in [1.54, 1.807) is 0 Å². The van der Waals surface area contributed by atoms with Gasteiger partial charge in [0, 0.05) is 37.4 Å². The fourth-order valence-electron chi connectivity index (χ4n) is 4.74. The molecule has 4 nitrogen and oxygen atoms in total. The van der Waals surface area contributed by atoms with Gasteiger partial charge in [-0.05, 0) is 56.1 Å². The number of nitrogens with zero attached hydrogens (tertiary/aromatic N) is 3. The van der Waals surface area contributed by atoms with Gasteiger partial charge in [-0.2, -0.15) is 0 Å². The van der Waals surface area contributed by atoms with Crippen molar-refractivity contribution in [3.63, 3.8) is 0 Å². The average Bonchev–Trinajstić information content (AvgIpc) is 3.08. The summed E-state index contributed by atoms with van der Waals surface area (Å²) in [5.74, 6) is 0.153. The first-order valence-electron chi connectivity index (χ1n) is 10.00. The molecule has 0 radical (unpaired) electrons. The van der Waals surface area contributed by atoms with Gasteiger partial charge in [-0.3, -0.25) is 9.69 Å². The molecule has 0 atom stereocenters. The van der Waals surface area contributed by atoms with Gasteiger partial charge in [0.1, 0.15) is 5.15 Å². The topological polar surface area (TPSA) is 28.5 Å². The van der Waals surface area contributed by atoms with Crippen LogP contribution in [0.5, 0.6) is 0 Å². The second-order valence-electron chi connectivity index (χ2n) is 7.89. The Kier molecular flexibility index (Phi) is 5.04. The first-order valence-corrected chi connectivity index (χ1v) is 10.4. The molecule has 1 fully saturated rings. The summed E-state index contributed by atoms with van der Waals surface area (Å²) in [5.41, 5.74) is 3.40. The van der Waals surface area contributed by atoms with Crippen LogP contribution < -0.4 is 0 Å². The molecule has 27 heavy (non-hydrogen) atoms. The summed E-state index contributed by atoms with van der Waals surface area (Å²) in [5, 5.41) is 0.822. The molecule has 1 amide bonds. The SMILES string of the molecule is CCCc1ccc(C(=O)N2CCC3(CC2)c2ccc(Cl)n2CCN3C)cc1. The molecule has 0 saturated carbocycles. The summed E-state index contributed by atoms with van der Waals surface area (Å²) in [7, 11) is 2.20. The third kappa shape index (κ3) is 3.19. The zero-order valence-corrected chi connectivity index (χ0v) is 17.0. The highest BCUT2D eigenvalue weighted by molar-refractivity contribution is 6.29. The average molecular weight is 386 g/mol. The van der Waals surface area contributed by atoms with E-state index in [-0.39, 0.29) is 11.4 Å². The minimum absolute atomic E-state index is 0.00679. The molecule has 0 unspecified atom stereocenters. The van der Waals surface area contributed by atoms with Gasteiger partial charge in [0.15, 0.2) is 0 Å². The molecule has 5 heteroatoms. The van der Waals surface area contributed by atoms with E-state index in [0.29, 0.717) is 0 Å². The number of halogens is 1. The van der Waals surface area contributed by atoms with Crippen LogP contribution >= 0.6 is 11.6 Å². The van der Waals surface area contributed by atoms with Crippen LogP contribution in [0.25, 0.3) is 0 Å². The summed E-state index contributed by atoms with van der Waals surface area (Å²) in [6, 6.07) is 12.3. The third-order valence-corrected chi connectivity index (χ3v) is 6.74. The van der Waals surface area contributed by atoms with Gasteiger partial charge < -0.3 is 9.47 Å². The molecular formula is C22H28ClN3O. The molecule has 1 aromatic carbocycles. The van der Waals surface area contributed by atoms with Gasteiger partial charge in [0.2, 0.25) is 0 Å². The summed E-state index contributed by atoms with van der Waals surface area (Å²) >= 11 is 6.38. The highest BCUT2D eigenvalue weighted by atomic mass is 35.5. The highest BCUT2D eigenvalue weighted by Gasteiger charge is 2.44. The van der Waals surface area contributed by atoms with E-state index in [0.717, 1.165) is 62.6 Å². The molecule has 0 N–H and O–H groups in total. The number of carbonyl (C=O) groups is 1. The van der Waals surface area contributed by atoms with Gasteiger partial charge in [0.05, 0.1) is 5.54 Å². The lowest BCUT2D eigenvalue weighted by Crippen LogP contribution is -2.56. The fraction of sp³-hybridized carbons (Fsp3) is 0.500. The van der Waals surface area contributed by atoms with Crippen LogP contribution in [0, 0.1) is 0 Å². The standard InChI is InChI=1S/C22H28ClN3O/c1-3-4-17-5-7-18(8-6-17)21(27)25-13-11-22(12-14-25)19-9-10-20(23)26(19)16-15-24(22)2/h5-10H,3-4,11-16H2,1-2H3. The second kappa shape index (κ2) is 7.33. The van der Waals surface area contributed by atoms with Crippen molar-refractivity contribution < 1.29 is 4.79 Å². The van der Waals surface area contributed by atoms with Crippen LogP contribution in [0.3, 0.4) is 0 Å². The van der Waals surface area contributed by atoms with E-state index in [9.17, 15) is 4.79 Å². The number of fused-ring (bicyclic) bond motifs is 2. The number of likely N-dealkylation sites (N-methyl/N-ethyl adjacent to an activating group) is 1. The Labute approximate surface area is 166 Å². The molecule has 3 heterocycles. The number of likely N-dealkylation sites (tertiary alicyclic amines) is 1. The maximum atomic E-state index is 13.0. The van der Waals surface area contributed by atoms with Crippen molar-refractivity contribution in [1.29, 1.82) is 0 Å². The van der Waals surface area contributed by atoms with Crippen molar-refractivity contribution in [2.24, 2.45) is 0 Å². The van der Waals surface area contributed by atoms with Crippen molar-refractivity contribution in [1.82, 2.24) is 14.4 Å². The predicted octanol–water partition coefficient (Wildman–Crippen LogP) is 4.17. The quantitative estimate of drug-likeness (QED) is 0.793. The smallest absolute Gasteiger partial charge is 0.253 e. The fourth-order valence-corrected chi connectivity index (χ4v) is 4.98. The monoisotopic (exact) mass is 385 g/mol. The van der Waals surface area contributed by atoms with Crippen LogP contribution in [0.4, 0.5) is 0 Å². The number of hydrogen-bond acceptors (Lipinski definition) is 2. The van der Waals surface area contributed by atoms with Crippen molar-refractivity contribution in [3.8, 4) is 0 Å². The number of rotatable bonds is 3. The van der Waals surface area contributed by atoms with Crippen LogP contribution in [0.1, 0.15) is 47.8 Å². The number of benzene rings is 1. The molecule has 0 bridgehead atoms. The Morgan fingerprint density at radius 2 is 1.74 bits per heavy atom. The summed E-state index contributed by atoms with van der Waals surface area (Å²) in [6.45, 7) is 5.67. The van der Waals surface area contributed by atoms with E-state index in [1.165, 1.54) is 11.3 Å². The van der Waals surface area contributed by atoms with Crippen LogP contribution in [-0.2, 0) is 18.5 Å². The van der Waals surface area contributed by atoms with Gasteiger partial charge in [-0.15, -0.1) is 0 Å². The molecule has 4 rings (SSSR count). The molecule has 0 aliphatic carbocycles. The number of hydrogen-bond donors (Lipinski definition) is 0.